The molecule has 11 nitrogen and oxygen atoms in total. The van der Waals surface area contributed by atoms with Crippen LogP contribution in [0.15, 0.2) is 85.3 Å². The number of carboxylic acid groups (broad SMARTS) is 1. The first-order chi connectivity index (χ1) is 24.4. The minimum Gasteiger partial charge on any atom is -0.475 e. The lowest BCUT2D eigenvalue weighted by Crippen LogP contribution is -2.47. The number of alkyl halides is 3. The maximum atomic E-state index is 12.0. The summed E-state index contributed by atoms with van der Waals surface area (Å²) < 4.78 is 39.6. The Balaban J connectivity index is 0.000000654. The smallest absolute Gasteiger partial charge is 0.475 e. The Morgan fingerprint density at radius 3 is 2.35 bits per heavy atom. The number of aryl methyl sites for hydroxylation is 2. The molecule has 1 aliphatic heterocycles. The lowest BCUT2D eigenvalue weighted by molar-refractivity contribution is -0.192. The van der Waals surface area contributed by atoms with Crippen molar-refractivity contribution in [1.82, 2.24) is 19.9 Å². The number of nitrogens with one attached hydrogen (secondary N) is 2. The maximum Gasteiger partial charge on any atom is 0.490 e. The fraction of sp³-hybridized carbons (Fsp3) is 0.270. The zero-order chi connectivity index (χ0) is 36.5. The summed E-state index contributed by atoms with van der Waals surface area (Å²) in [6.07, 6.45) is 1.23. The number of halogens is 3. The van der Waals surface area contributed by atoms with Gasteiger partial charge in [-0.05, 0) is 78.3 Å². The van der Waals surface area contributed by atoms with Crippen LogP contribution in [0, 0.1) is 6.92 Å². The molecule has 1 atom stereocenters. The van der Waals surface area contributed by atoms with Gasteiger partial charge in [-0.15, -0.1) is 0 Å². The van der Waals surface area contributed by atoms with Crippen molar-refractivity contribution in [3.05, 3.63) is 108 Å². The quantitative estimate of drug-likeness (QED) is 0.0981. The van der Waals surface area contributed by atoms with E-state index in [4.69, 9.17) is 20.4 Å². The Morgan fingerprint density at radius 1 is 1.02 bits per heavy atom. The van der Waals surface area contributed by atoms with Crippen molar-refractivity contribution in [3.8, 4) is 22.4 Å². The number of carbonyl (C=O) groups excluding carboxylic acids is 2. The number of aliphatic carboxylic acids is 1. The predicted molar refractivity (Wildman–Crippen MR) is 184 cm³/mol. The highest BCUT2D eigenvalue weighted by atomic mass is 19.4. The average Bonchev–Trinajstić information content (AvgIpc) is 3.55. The van der Waals surface area contributed by atoms with Crippen molar-refractivity contribution in [2.24, 2.45) is 5.73 Å². The first-order valence-corrected chi connectivity index (χ1v) is 16.2. The van der Waals surface area contributed by atoms with E-state index in [1.165, 1.54) is 5.56 Å². The molecule has 266 valence electrons. The molecule has 1 aliphatic rings. The third kappa shape index (κ3) is 9.77. The van der Waals surface area contributed by atoms with E-state index in [1.54, 1.807) is 6.33 Å². The van der Waals surface area contributed by atoms with Crippen LogP contribution in [0.5, 0.6) is 0 Å². The number of carboxylic acids is 1. The third-order valence-corrected chi connectivity index (χ3v) is 8.33. The molecule has 1 saturated heterocycles. The standard InChI is InChI=1S/C35H36N6O3.C2HF3O2/c1-23-17-27(10-11-28(23)19-36)34-32-18-29(20-41(32)38-22-37-34)26-8-4-25(5-9-26)21-44-16-2-3-24-6-12-30(13-7-24)39-31-14-15-33(42)40-35(31)43;3-2(4,5)1(6)7/h4-13,17-18,20,22,31,39H,2-3,14-16,19,21,36H2,1H3,(H,40,42,43);(H,6,7). The Bertz CT molecular complexity index is 2000. The number of carbonyl (C=O) groups is 3. The van der Waals surface area contributed by atoms with Gasteiger partial charge in [0.25, 0.3) is 0 Å². The van der Waals surface area contributed by atoms with Crippen LogP contribution in [-0.4, -0.2) is 56.3 Å². The number of nitrogens with zero attached hydrogens (tertiary/aromatic N) is 3. The highest BCUT2D eigenvalue weighted by Crippen LogP contribution is 2.29. The number of fused-ring (bicyclic) bond motifs is 1. The van der Waals surface area contributed by atoms with Gasteiger partial charge in [0, 0.05) is 42.6 Å². The van der Waals surface area contributed by atoms with Gasteiger partial charge in [-0.3, -0.25) is 14.9 Å². The van der Waals surface area contributed by atoms with Crippen molar-refractivity contribution >= 4 is 29.0 Å². The van der Waals surface area contributed by atoms with E-state index in [1.807, 2.05) is 22.8 Å². The lowest BCUT2D eigenvalue weighted by atomic mass is 10.0. The van der Waals surface area contributed by atoms with Crippen molar-refractivity contribution in [1.29, 1.82) is 0 Å². The number of amides is 2. The van der Waals surface area contributed by atoms with Gasteiger partial charge >= 0.3 is 12.1 Å². The second kappa shape index (κ2) is 16.4. The van der Waals surface area contributed by atoms with Crippen LogP contribution in [0.1, 0.15) is 41.5 Å². The fourth-order valence-corrected chi connectivity index (χ4v) is 5.54. The Morgan fingerprint density at radius 2 is 1.71 bits per heavy atom. The summed E-state index contributed by atoms with van der Waals surface area (Å²) in [6.45, 7) is 3.81. The number of benzene rings is 3. The highest BCUT2D eigenvalue weighted by Gasteiger charge is 2.38. The molecule has 0 bridgehead atoms. The molecule has 2 amide bonds. The summed E-state index contributed by atoms with van der Waals surface area (Å²) >= 11 is 0. The molecule has 0 aliphatic carbocycles. The van der Waals surface area contributed by atoms with Gasteiger partial charge in [0.1, 0.15) is 12.4 Å². The molecule has 0 spiro atoms. The van der Waals surface area contributed by atoms with Crippen molar-refractivity contribution in [2.75, 3.05) is 11.9 Å². The zero-order valence-electron chi connectivity index (χ0n) is 27.7. The SMILES string of the molecule is Cc1cc(-c2ncnn3cc(-c4ccc(COCCCc5ccc(NC6CCC(=O)NC6=O)cc5)cc4)cc23)ccc1CN.O=C(O)C(F)(F)F. The van der Waals surface area contributed by atoms with E-state index in [9.17, 15) is 22.8 Å². The number of piperidine rings is 1. The molecule has 51 heavy (non-hydrogen) atoms. The monoisotopic (exact) mass is 702 g/mol. The summed E-state index contributed by atoms with van der Waals surface area (Å²) in [5.74, 6) is -3.23. The number of hydrogen-bond donors (Lipinski definition) is 4. The topological polar surface area (TPSA) is 161 Å². The number of aromatic nitrogens is 3. The van der Waals surface area contributed by atoms with Crippen LogP contribution in [0.2, 0.25) is 0 Å². The molecule has 0 saturated carbocycles. The largest absolute Gasteiger partial charge is 0.490 e. The first-order valence-electron chi connectivity index (χ1n) is 16.2. The summed E-state index contributed by atoms with van der Waals surface area (Å²) in [6, 6.07) is 24.5. The second-order valence-corrected chi connectivity index (χ2v) is 12.0. The number of nitrogens with two attached hydrogens (primary N) is 1. The van der Waals surface area contributed by atoms with Gasteiger partial charge in [0.2, 0.25) is 11.8 Å². The Hall–Kier alpha value is -5.60. The van der Waals surface area contributed by atoms with Gasteiger partial charge in [-0.1, -0.05) is 48.5 Å². The molecule has 2 aromatic heterocycles. The summed E-state index contributed by atoms with van der Waals surface area (Å²) in [7, 11) is 0. The Labute approximate surface area is 291 Å². The van der Waals surface area contributed by atoms with Crippen LogP contribution >= 0.6 is 0 Å². The Kier molecular flexibility index (Phi) is 11.8. The van der Waals surface area contributed by atoms with E-state index >= 15 is 0 Å². The predicted octanol–water partition coefficient (Wildman–Crippen LogP) is 5.83. The van der Waals surface area contributed by atoms with Gasteiger partial charge in [-0.25, -0.2) is 14.3 Å². The summed E-state index contributed by atoms with van der Waals surface area (Å²) in [5, 5.41) is 17.1. The molecule has 3 heterocycles. The zero-order valence-corrected chi connectivity index (χ0v) is 27.7. The van der Waals surface area contributed by atoms with Gasteiger partial charge < -0.3 is 20.9 Å². The molecule has 5 N–H and O–H groups in total. The van der Waals surface area contributed by atoms with Crippen LogP contribution in [0.25, 0.3) is 27.9 Å². The van der Waals surface area contributed by atoms with Crippen LogP contribution in [0.4, 0.5) is 18.9 Å². The number of rotatable bonds is 11. The number of anilines is 1. The van der Waals surface area contributed by atoms with E-state index in [-0.39, 0.29) is 17.9 Å². The molecule has 14 heteroatoms. The van der Waals surface area contributed by atoms with Crippen LogP contribution < -0.4 is 16.4 Å². The molecule has 1 unspecified atom stereocenters. The van der Waals surface area contributed by atoms with Crippen molar-refractivity contribution in [2.45, 2.75) is 58.0 Å². The van der Waals surface area contributed by atoms with Gasteiger partial charge in [0.15, 0.2) is 0 Å². The number of imide groups is 1. The van der Waals surface area contributed by atoms with Crippen LogP contribution in [-0.2, 0) is 38.7 Å². The molecular weight excluding hydrogens is 665 g/mol. The third-order valence-electron chi connectivity index (χ3n) is 8.33. The van der Waals surface area contributed by atoms with E-state index in [0.717, 1.165) is 63.1 Å². The van der Waals surface area contributed by atoms with E-state index in [0.29, 0.717) is 32.6 Å². The second-order valence-electron chi connectivity index (χ2n) is 12.0. The molecule has 6 rings (SSSR count). The normalized spacial score (nSPS) is 14.5. The molecule has 1 fully saturated rings. The molecular formula is C37H37F3N6O5. The van der Waals surface area contributed by atoms with Crippen molar-refractivity contribution < 1.29 is 37.4 Å². The van der Waals surface area contributed by atoms with E-state index < -0.39 is 12.1 Å². The molecule has 3 aromatic carbocycles. The highest BCUT2D eigenvalue weighted by molar-refractivity contribution is 6.01. The molecule has 0 radical (unpaired) electrons. The fourth-order valence-electron chi connectivity index (χ4n) is 5.54. The lowest BCUT2D eigenvalue weighted by Gasteiger charge is -2.22. The number of ether oxygens (including phenoxy) is 1. The van der Waals surface area contributed by atoms with E-state index in [2.05, 4.69) is 88.3 Å². The average molecular weight is 703 g/mol. The molecule has 5 aromatic rings. The number of hydrogen-bond acceptors (Lipinski definition) is 8. The maximum absolute atomic E-state index is 12.0. The van der Waals surface area contributed by atoms with Gasteiger partial charge in [-0.2, -0.15) is 18.3 Å². The van der Waals surface area contributed by atoms with Crippen LogP contribution in [0.3, 0.4) is 0 Å². The van der Waals surface area contributed by atoms with Gasteiger partial charge in [0.05, 0.1) is 17.8 Å². The summed E-state index contributed by atoms with van der Waals surface area (Å²) in [4.78, 5) is 36.8. The minimum atomic E-state index is -5.08. The van der Waals surface area contributed by atoms with Crippen molar-refractivity contribution in [3.63, 3.8) is 0 Å². The minimum absolute atomic E-state index is 0.209. The summed E-state index contributed by atoms with van der Waals surface area (Å²) in [5.41, 5.74) is 16.4. The first kappa shape index (κ1) is 36.7.